The number of fused-ring (bicyclic) bond motifs is 3. The Bertz CT molecular complexity index is 965. The highest BCUT2D eigenvalue weighted by Gasteiger charge is 2.19. The normalized spacial score (nSPS) is 14.1. The molecule has 3 aromatic rings. The van der Waals surface area contributed by atoms with E-state index in [4.69, 9.17) is 0 Å². The smallest absolute Gasteiger partial charge is 0.250 e. The molecular formula is C20H23N3O. The summed E-state index contributed by atoms with van der Waals surface area (Å²) >= 11 is 0. The Labute approximate surface area is 141 Å². The van der Waals surface area contributed by atoms with E-state index in [1.165, 1.54) is 33.3 Å². The average molecular weight is 321 g/mol. The highest BCUT2D eigenvalue weighted by atomic mass is 16.1. The van der Waals surface area contributed by atoms with E-state index < -0.39 is 0 Å². The molecule has 0 aliphatic carbocycles. The lowest BCUT2D eigenvalue weighted by Gasteiger charge is -2.17. The first-order chi connectivity index (χ1) is 11.6. The number of aromatic nitrogens is 2. The second-order valence-electron chi connectivity index (χ2n) is 6.76. The molecule has 3 heterocycles. The molecule has 0 atom stereocenters. The molecular weight excluding hydrogens is 298 g/mol. The largest absolute Gasteiger partial charge is 0.344 e. The zero-order valence-electron chi connectivity index (χ0n) is 14.3. The number of aryl methyl sites for hydroxylation is 4. The van der Waals surface area contributed by atoms with Crippen LogP contribution >= 0.6 is 0 Å². The van der Waals surface area contributed by atoms with Crippen LogP contribution in [0, 0.1) is 6.92 Å². The topological polar surface area (TPSA) is 39.0 Å². The summed E-state index contributed by atoms with van der Waals surface area (Å²) in [4.78, 5) is 11.6. The van der Waals surface area contributed by atoms with Crippen molar-refractivity contribution >= 4 is 10.9 Å². The van der Waals surface area contributed by atoms with Crippen molar-refractivity contribution in [2.75, 3.05) is 6.54 Å². The van der Waals surface area contributed by atoms with Gasteiger partial charge in [-0.2, -0.15) is 0 Å². The third-order valence-corrected chi connectivity index (χ3v) is 5.05. The van der Waals surface area contributed by atoms with E-state index in [0.717, 1.165) is 32.5 Å². The summed E-state index contributed by atoms with van der Waals surface area (Å²) in [6, 6.07) is 10.4. The number of nitrogens with one attached hydrogen (secondary N) is 1. The molecule has 24 heavy (non-hydrogen) atoms. The van der Waals surface area contributed by atoms with Gasteiger partial charge in [0.25, 0.3) is 0 Å². The Morgan fingerprint density at radius 1 is 1.21 bits per heavy atom. The van der Waals surface area contributed by atoms with Gasteiger partial charge in [0.2, 0.25) is 5.56 Å². The van der Waals surface area contributed by atoms with Crippen LogP contribution in [0.3, 0.4) is 0 Å². The first-order valence-electron chi connectivity index (χ1n) is 8.60. The minimum Gasteiger partial charge on any atom is -0.344 e. The maximum Gasteiger partial charge on any atom is 0.250 e. The average Bonchev–Trinajstić information content (AvgIpc) is 2.89. The van der Waals surface area contributed by atoms with E-state index >= 15 is 0 Å². The van der Waals surface area contributed by atoms with Crippen LogP contribution in [-0.4, -0.2) is 15.7 Å². The van der Waals surface area contributed by atoms with Crippen LogP contribution in [0.4, 0.5) is 0 Å². The molecule has 1 N–H and O–H groups in total. The van der Waals surface area contributed by atoms with Gasteiger partial charge in [0, 0.05) is 62.0 Å². The minimum absolute atomic E-state index is 0.0455. The van der Waals surface area contributed by atoms with Gasteiger partial charge in [0.1, 0.15) is 0 Å². The molecule has 1 aliphatic heterocycles. The van der Waals surface area contributed by atoms with Gasteiger partial charge in [-0.15, -0.1) is 0 Å². The summed E-state index contributed by atoms with van der Waals surface area (Å²) in [5.74, 6) is 0. The van der Waals surface area contributed by atoms with Crippen molar-refractivity contribution in [1.82, 2.24) is 14.5 Å². The molecule has 0 spiro atoms. The van der Waals surface area contributed by atoms with Gasteiger partial charge in [0.05, 0.1) is 0 Å². The van der Waals surface area contributed by atoms with Crippen LogP contribution in [0.2, 0.25) is 0 Å². The lowest BCUT2D eigenvalue weighted by Crippen LogP contribution is -2.25. The first-order valence-corrected chi connectivity index (χ1v) is 8.60. The van der Waals surface area contributed by atoms with Crippen LogP contribution in [0.15, 0.2) is 41.3 Å². The fourth-order valence-corrected chi connectivity index (χ4v) is 3.79. The molecule has 0 bridgehead atoms. The van der Waals surface area contributed by atoms with Gasteiger partial charge in [-0.3, -0.25) is 4.79 Å². The van der Waals surface area contributed by atoms with Crippen LogP contribution in [0.1, 0.15) is 22.4 Å². The fraction of sp³-hybridized carbons (Fsp3) is 0.350. The minimum atomic E-state index is 0.0455. The van der Waals surface area contributed by atoms with Crippen LogP contribution in [0.5, 0.6) is 0 Å². The highest BCUT2D eigenvalue weighted by molar-refractivity contribution is 5.86. The molecule has 0 fully saturated rings. The van der Waals surface area contributed by atoms with E-state index in [2.05, 4.69) is 35.0 Å². The Balaban J connectivity index is 1.73. The lowest BCUT2D eigenvalue weighted by molar-refractivity contribution is 0.593. The SMILES string of the molecule is Cc1ccc2c(c1)c1c(n2CCc2ccc(=O)n(C)c2)CCNC1. The van der Waals surface area contributed by atoms with Crippen molar-refractivity contribution < 1.29 is 0 Å². The van der Waals surface area contributed by atoms with E-state index in [1.807, 2.05) is 19.3 Å². The maximum atomic E-state index is 11.6. The molecule has 0 unspecified atom stereocenters. The molecule has 1 aromatic carbocycles. The summed E-state index contributed by atoms with van der Waals surface area (Å²) in [5, 5.41) is 4.89. The summed E-state index contributed by atoms with van der Waals surface area (Å²) in [5.41, 5.74) is 6.82. The Morgan fingerprint density at radius 2 is 2.08 bits per heavy atom. The molecule has 4 nitrogen and oxygen atoms in total. The molecule has 0 saturated carbocycles. The molecule has 124 valence electrons. The number of hydrogen-bond donors (Lipinski definition) is 1. The maximum absolute atomic E-state index is 11.6. The Morgan fingerprint density at radius 3 is 2.92 bits per heavy atom. The van der Waals surface area contributed by atoms with Gasteiger partial charge < -0.3 is 14.5 Å². The highest BCUT2D eigenvalue weighted by Crippen LogP contribution is 2.29. The molecule has 1 aliphatic rings. The lowest BCUT2D eigenvalue weighted by atomic mass is 10.0. The second kappa shape index (κ2) is 5.95. The quantitative estimate of drug-likeness (QED) is 0.805. The molecule has 4 heteroatoms. The van der Waals surface area contributed by atoms with Gasteiger partial charge in [-0.25, -0.2) is 0 Å². The standard InChI is InChI=1S/C20H23N3O/c1-14-3-5-18-16(11-14)17-12-21-9-7-19(17)23(18)10-8-15-4-6-20(24)22(2)13-15/h3-6,11,13,21H,7-10,12H2,1-2H3. The Hall–Kier alpha value is -2.33. The number of rotatable bonds is 3. The van der Waals surface area contributed by atoms with Crippen molar-refractivity contribution in [1.29, 1.82) is 0 Å². The van der Waals surface area contributed by atoms with E-state index in [-0.39, 0.29) is 5.56 Å². The molecule has 0 saturated heterocycles. The summed E-state index contributed by atoms with van der Waals surface area (Å²) in [6.45, 7) is 5.11. The monoisotopic (exact) mass is 321 g/mol. The molecule has 2 aromatic heterocycles. The predicted octanol–water partition coefficient (Wildman–Crippen LogP) is 2.54. The second-order valence-corrected chi connectivity index (χ2v) is 6.76. The van der Waals surface area contributed by atoms with Gasteiger partial charge >= 0.3 is 0 Å². The number of pyridine rings is 1. The molecule has 0 amide bonds. The number of hydrogen-bond acceptors (Lipinski definition) is 2. The summed E-state index contributed by atoms with van der Waals surface area (Å²) in [7, 11) is 1.81. The van der Waals surface area contributed by atoms with Gasteiger partial charge in [0.15, 0.2) is 0 Å². The molecule has 0 radical (unpaired) electrons. The van der Waals surface area contributed by atoms with E-state index in [0.29, 0.717) is 0 Å². The number of benzene rings is 1. The zero-order chi connectivity index (χ0) is 16.7. The van der Waals surface area contributed by atoms with Crippen molar-refractivity contribution in [2.24, 2.45) is 7.05 Å². The predicted molar refractivity (Wildman–Crippen MR) is 97.5 cm³/mol. The van der Waals surface area contributed by atoms with E-state index in [9.17, 15) is 4.79 Å². The van der Waals surface area contributed by atoms with Crippen molar-refractivity contribution in [2.45, 2.75) is 32.9 Å². The van der Waals surface area contributed by atoms with Gasteiger partial charge in [-0.1, -0.05) is 17.7 Å². The van der Waals surface area contributed by atoms with Crippen LogP contribution in [0.25, 0.3) is 10.9 Å². The fourth-order valence-electron chi connectivity index (χ4n) is 3.79. The first kappa shape index (κ1) is 15.2. The van der Waals surface area contributed by atoms with Crippen LogP contribution in [-0.2, 0) is 33.0 Å². The van der Waals surface area contributed by atoms with Crippen LogP contribution < -0.4 is 10.9 Å². The summed E-state index contributed by atoms with van der Waals surface area (Å²) < 4.78 is 4.14. The van der Waals surface area contributed by atoms with Crippen molar-refractivity contribution in [3.63, 3.8) is 0 Å². The van der Waals surface area contributed by atoms with Gasteiger partial charge in [-0.05, 0) is 36.6 Å². The summed E-state index contributed by atoms with van der Waals surface area (Å²) in [6.07, 6.45) is 3.97. The Kier molecular flexibility index (Phi) is 3.77. The van der Waals surface area contributed by atoms with E-state index in [1.54, 1.807) is 10.6 Å². The third-order valence-electron chi connectivity index (χ3n) is 5.05. The van der Waals surface area contributed by atoms with Crippen molar-refractivity contribution in [3.8, 4) is 0 Å². The zero-order valence-corrected chi connectivity index (χ0v) is 14.3. The van der Waals surface area contributed by atoms with Crippen molar-refractivity contribution in [3.05, 3.63) is 69.3 Å². The number of nitrogens with zero attached hydrogens (tertiary/aromatic N) is 2. The third kappa shape index (κ3) is 2.57. The molecule has 4 rings (SSSR count).